The molecule has 13 heteroatoms. The molecular weight excluding hydrogens is 392 g/mol. The van der Waals surface area contributed by atoms with Crippen molar-refractivity contribution in [1.29, 1.82) is 0 Å². The fourth-order valence-electron chi connectivity index (χ4n) is 2.43. The minimum absolute atomic E-state index is 0.0372. The first kappa shape index (κ1) is 21.0. The summed E-state index contributed by atoms with van der Waals surface area (Å²) < 4.78 is 9.86. The van der Waals surface area contributed by atoms with E-state index in [0.717, 1.165) is 25.3 Å². The molecule has 0 fully saturated rings. The van der Waals surface area contributed by atoms with Crippen LogP contribution in [-0.4, -0.2) is 34.4 Å². The first-order valence-corrected chi connectivity index (χ1v) is 7.93. The van der Waals surface area contributed by atoms with E-state index < -0.39 is 43.5 Å². The average molecular weight is 406 g/mol. The van der Waals surface area contributed by atoms with Gasteiger partial charge in [0.05, 0.1) is 34.2 Å². The molecular formula is C16H14N4O9. The van der Waals surface area contributed by atoms with Crippen molar-refractivity contribution in [3.8, 4) is 11.5 Å². The van der Waals surface area contributed by atoms with Crippen LogP contribution in [0.3, 0.4) is 0 Å². The monoisotopic (exact) mass is 406 g/mol. The summed E-state index contributed by atoms with van der Waals surface area (Å²) in [6.07, 6.45) is 0. The Hall–Kier alpha value is -4.29. The van der Waals surface area contributed by atoms with E-state index in [1.807, 2.05) is 0 Å². The minimum atomic E-state index is -0.900. The van der Waals surface area contributed by atoms with Crippen molar-refractivity contribution < 1.29 is 29.0 Å². The van der Waals surface area contributed by atoms with E-state index in [1.165, 1.54) is 12.1 Å². The van der Waals surface area contributed by atoms with Gasteiger partial charge in [-0.25, -0.2) is 0 Å². The maximum atomic E-state index is 12.4. The molecule has 0 bridgehead atoms. The molecule has 2 aromatic rings. The standard InChI is InChI=1S/C16H14N4O9/c1-3-29-14-5-4-9(6-11(14)18(22)23)16(21)17-10-7-12(19(24)25)15(28-2)13(8-10)20(26)27/h4-8H,3H2,1-2H3,(H,17,21). The lowest BCUT2D eigenvalue weighted by molar-refractivity contribution is -0.395. The van der Waals surface area contributed by atoms with Gasteiger partial charge in [-0.05, 0) is 19.1 Å². The Morgan fingerprint density at radius 2 is 1.52 bits per heavy atom. The summed E-state index contributed by atoms with van der Waals surface area (Å²) in [4.78, 5) is 43.4. The largest absolute Gasteiger partial charge is 0.487 e. The molecule has 0 aliphatic heterocycles. The van der Waals surface area contributed by atoms with Crippen LogP contribution in [0.5, 0.6) is 11.5 Å². The fourth-order valence-corrected chi connectivity index (χ4v) is 2.43. The summed E-state index contributed by atoms with van der Waals surface area (Å²) in [6, 6.07) is 5.21. The molecule has 2 aromatic carbocycles. The molecule has 0 saturated heterocycles. The van der Waals surface area contributed by atoms with Crippen molar-refractivity contribution in [2.45, 2.75) is 6.92 Å². The van der Waals surface area contributed by atoms with Crippen LogP contribution >= 0.6 is 0 Å². The Labute approximate surface area is 162 Å². The molecule has 0 aliphatic rings. The summed E-state index contributed by atoms with van der Waals surface area (Å²) >= 11 is 0. The third-order valence-electron chi connectivity index (χ3n) is 3.62. The number of nitro groups is 3. The zero-order valence-corrected chi connectivity index (χ0v) is 15.1. The molecule has 13 nitrogen and oxygen atoms in total. The zero-order chi connectivity index (χ0) is 21.7. The van der Waals surface area contributed by atoms with Gasteiger partial charge in [0, 0.05) is 23.8 Å². The molecule has 0 aromatic heterocycles. The molecule has 0 atom stereocenters. The second-order valence-corrected chi connectivity index (χ2v) is 5.39. The van der Waals surface area contributed by atoms with Crippen LogP contribution in [0.15, 0.2) is 30.3 Å². The van der Waals surface area contributed by atoms with Crippen molar-refractivity contribution in [3.05, 3.63) is 66.2 Å². The number of carbonyl (C=O) groups excluding carboxylic acids is 1. The molecule has 1 amide bonds. The zero-order valence-electron chi connectivity index (χ0n) is 15.1. The first-order chi connectivity index (χ1) is 13.7. The van der Waals surface area contributed by atoms with Crippen molar-refractivity contribution in [1.82, 2.24) is 0 Å². The third kappa shape index (κ3) is 4.52. The number of nitrogens with zero attached hydrogens (tertiary/aromatic N) is 3. The van der Waals surface area contributed by atoms with E-state index in [2.05, 4.69) is 5.32 Å². The van der Waals surface area contributed by atoms with Crippen LogP contribution in [0.1, 0.15) is 17.3 Å². The van der Waals surface area contributed by atoms with Gasteiger partial charge < -0.3 is 14.8 Å². The molecule has 0 heterocycles. The summed E-state index contributed by atoms with van der Waals surface area (Å²) in [7, 11) is 1.03. The van der Waals surface area contributed by atoms with Gasteiger partial charge in [0.15, 0.2) is 5.75 Å². The van der Waals surface area contributed by atoms with Crippen molar-refractivity contribution in [2.24, 2.45) is 0 Å². The van der Waals surface area contributed by atoms with Gasteiger partial charge in [-0.3, -0.25) is 35.1 Å². The second-order valence-electron chi connectivity index (χ2n) is 5.39. The highest BCUT2D eigenvalue weighted by Crippen LogP contribution is 2.39. The van der Waals surface area contributed by atoms with Crippen molar-refractivity contribution in [3.63, 3.8) is 0 Å². The summed E-state index contributed by atoms with van der Waals surface area (Å²) in [5.41, 5.74) is -2.32. The van der Waals surface area contributed by atoms with Gasteiger partial charge in [-0.15, -0.1) is 0 Å². The second kappa shape index (κ2) is 8.60. The SMILES string of the molecule is CCOc1ccc(C(=O)Nc2cc([N+](=O)[O-])c(OC)c([N+](=O)[O-])c2)cc1[N+](=O)[O-]. The number of benzene rings is 2. The first-order valence-electron chi connectivity index (χ1n) is 7.93. The Kier molecular flexibility index (Phi) is 6.23. The van der Waals surface area contributed by atoms with E-state index >= 15 is 0 Å². The Morgan fingerprint density at radius 1 is 0.966 bits per heavy atom. The number of methoxy groups -OCH3 is 1. The van der Waals surface area contributed by atoms with Crippen LogP contribution in [-0.2, 0) is 0 Å². The molecule has 2 rings (SSSR count). The van der Waals surface area contributed by atoms with Gasteiger partial charge in [0.2, 0.25) is 0 Å². The summed E-state index contributed by atoms with van der Waals surface area (Å²) in [5.74, 6) is -1.48. The number of nitrogens with one attached hydrogen (secondary N) is 1. The van der Waals surface area contributed by atoms with Gasteiger partial charge in [-0.1, -0.05) is 0 Å². The fraction of sp³-hybridized carbons (Fsp3) is 0.188. The van der Waals surface area contributed by atoms with Crippen LogP contribution in [0, 0.1) is 30.3 Å². The topological polar surface area (TPSA) is 177 Å². The summed E-state index contributed by atoms with van der Waals surface area (Å²) in [6.45, 7) is 1.80. The summed E-state index contributed by atoms with van der Waals surface area (Å²) in [5, 5.41) is 35.8. The number of carbonyl (C=O) groups is 1. The number of amides is 1. The number of hydrogen-bond acceptors (Lipinski definition) is 9. The molecule has 29 heavy (non-hydrogen) atoms. The minimum Gasteiger partial charge on any atom is -0.487 e. The molecule has 152 valence electrons. The van der Waals surface area contributed by atoms with Gasteiger partial charge >= 0.3 is 17.1 Å². The van der Waals surface area contributed by atoms with Crippen LogP contribution < -0.4 is 14.8 Å². The number of ether oxygens (including phenoxy) is 2. The Bertz CT molecular complexity index is 971. The average Bonchev–Trinajstić information content (AvgIpc) is 2.67. The van der Waals surface area contributed by atoms with Crippen LogP contribution in [0.2, 0.25) is 0 Å². The predicted octanol–water partition coefficient (Wildman–Crippen LogP) is 3.07. The van der Waals surface area contributed by atoms with Gasteiger partial charge in [-0.2, -0.15) is 0 Å². The normalized spacial score (nSPS) is 10.1. The van der Waals surface area contributed by atoms with Crippen LogP contribution in [0.25, 0.3) is 0 Å². The Morgan fingerprint density at radius 3 is 1.97 bits per heavy atom. The van der Waals surface area contributed by atoms with Crippen molar-refractivity contribution >= 4 is 28.7 Å². The van der Waals surface area contributed by atoms with Crippen molar-refractivity contribution in [2.75, 3.05) is 19.0 Å². The highest BCUT2D eigenvalue weighted by atomic mass is 16.6. The smallest absolute Gasteiger partial charge is 0.320 e. The molecule has 0 radical (unpaired) electrons. The Balaban J connectivity index is 2.45. The molecule has 0 saturated carbocycles. The number of rotatable bonds is 8. The lowest BCUT2D eigenvalue weighted by Crippen LogP contribution is -2.13. The highest BCUT2D eigenvalue weighted by molar-refractivity contribution is 6.05. The molecule has 0 unspecified atom stereocenters. The van der Waals surface area contributed by atoms with Crippen LogP contribution in [0.4, 0.5) is 22.7 Å². The van der Waals surface area contributed by atoms with Gasteiger partial charge in [0.1, 0.15) is 0 Å². The molecule has 1 N–H and O–H groups in total. The highest BCUT2D eigenvalue weighted by Gasteiger charge is 2.28. The van der Waals surface area contributed by atoms with Gasteiger partial charge in [0.25, 0.3) is 11.7 Å². The van der Waals surface area contributed by atoms with E-state index in [1.54, 1.807) is 6.92 Å². The quantitative estimate of drug-likeness (QED) is 0.509. The van der Waals surface area contributed by atoms with E-state index in [4.69, 9.17) is 9.47 Å². The van der Waals surface area contributed by atoms with E-state index in [9.17, 15) is 35.1 Å². The molecule has 0 aliphatic carbocycles. The van der Waals surface area contributed by atoms with E-state index in [0.29, 0.717) is 0 Å². The number of hydrogen-bond donors (Lipinski definition) is 1. The van der Waals surface area contributed by atoms with E-state index in [-0.39, 0.29) is 23.6 Å². The molecule has 0 spiro atoms. The maximum absolute atomic E-state index is 12.4. The number of anilines is 1. The third-order valence-corrected chi connectivity index (χ3v) is 3.62. The predicted molar refractivity (Wildman–Crippen MR) is 98.5 cm³/mol. The lowest BCUT2D eigenvalue weighted by atomic mass is 10.1. The maximum Gasteiger partial charge on any atom is 0.320 e. The lowest BCUT2D eigenvalue weighted by Gasteiger charge is -2.09. The number of nitro benzene ring substituents is 3.